The van der Waals surface area contributed by atoms with Gasteiger partial charge in [-0.2, -0.15) is 0 Å². The van der Waals surface area contributed by atoms with Crippen LogP contribution in [0.25, 0.3) is 0 Å². The maximum atomic E-state index is 13.1. The number of pyridine rings is 1. The van der Waals surface area contributed by atoms with E-state index in [0.29, 0.717) is 11.5 Å². The second kappa shape index (κ2) is 4.41. The van der Waals surface area contributed by atoms with Crippen molar-refractivity contribution >= 4 is 17.2 Å². The Bertz CT molecular complexity index is 540. The Hall–Kier alpha value is -2.10. The van der Waals surface area contributed by atoms with Gasteiger partial charge in [-0.1, -0.05) is 6.07 Å². The van der Waals surface area contributed by atoms with E-state index in [1.54, 1.807) is 17.2 Å². The van der Waals surface area contributed by atoms with Gasteiger partial charge in [0.25, 0.3) is 0 Å². The Kier molecular flexibility index (Phi) is 2.95. The molecular formula is C13H14FN3. The first-order valence-corrected chi connectivity index (χ1v) is 5.30. The van der Waals surface area contributed by atoms with Gasteiger partial charge in [0.15, 0.2) is 5.82 Å². The number of aryl methyl sites for hydroxylation is 1. The fourth-order valence-electron chi connectivity index (χ4n) is 1.63. The van der Waals surface area contributed by atoms with E-state index in [4.69, 9.17) is 5.73 Å². The molecule has 0 amide bonds. The van der Waals surface area contributed by atoms with Crippen LogP contribution < -0.4 is 10.6 Å². The first-order valence-electron chi connectivity index (χ1n) is 5.30. The average molecular weight is 231 g/mol. The van der Waals surface area contributed by atoms with E-state index >= 15 is 0 Å². The molecule has 0 aliphatic carbocycles. The Morgan fingerprint density at radius 1 is 1.29 bits per heavy atom. The van der Waals surface area contributed by atoms with Crippen molar-refractivity contribution in [3.05, 3.63) is 47.9 Å². The number of nitrogens with zero attached hydrogens (tertiary/aromatic N) is 2. The minimum absolute atomic E-state index is 0.277. The number of halogens is 1. The number of benzene rings is 1. The van der Waals surface area contributed by atoms with Crippen LogP contribution in [-0.2, 0) is 0 Å². The molecular weight excluding hydrogens is 217 g/mol. The molecule has 0 bridgehead atoms. The van der Waals surface area contributed by atoms with Gasteiger partial charge in [-0.15, -0.1) is 0 Å². The molecule has 0 radical (unpaired) electrons. The van der Waals surface area contributed by atoms with E-state index < -0.39 is 0 Å². The third-order valence-corrected chi connectivity index (χ3v) is 2.70. The molecule has 1 heterocycles. The summed E-state index contributed by atoms with van der Waals surface area (Å²) in [7, 11) is 1.81. The lowest BCUT2D eigenvalue weighted by atomic mass is 10.2. The molecule has 3 nitrogen and oxygen atoms in total. The lowest BCUT2D eigenvalue weighted by molar-refractivity contribution is 0.628. The van der Waals surface area contributed by atoms with E-state index in [1.807, 2.05) is 26.1 Å². The second-order valence-electron chi connectivity index (χ2n) is 3.90. The van der Waals surface area contributed by atoms with Crippen LogP contribution in [0.3, 0.4) is 0 Å². The van der Waals surface area contributed by atoms with Crippen molar-refractivity contribution in [2.75, 3.05) is 17.7 Å². The summed E-state index contributed by atoms with van der Waals surface area (Å²) in [4.78, 5) is 5.99. The highest BCUT2D eigenvalue weighted by atomic mass is 19.1. The second-order valence-corrected chi connectivity index (χ2v) is 3.90. The summed E-state index contributed by atoms with van der Waals surface area (Å²) >= 11 is 0. The van der Waals surface area contributed by atoms with Gasteiger partial charge in [0.1, 0.15) is 5.82 Å². The monoisotopic (exact) mass is 231 g/mol. The van der Waals surface area contributed by atoms with Crippen molar-refractivity contribution < 1.29 is 4.39 Å². The van der Waals surface area contributed by atoms with Crippen molar-refractivity contribution in [2.24, 2.45) is 0 Å². The Morgan fingerprint density at radius 2 is 2.06 bits per heavy atom. The molecule has 0 saturated heterocycles. The van der Waals surface area contributed by atoms with Crippen molar-refractivity contribution in [3.63, 3.8) is 0 Å². The van der Waals surface area contributed by atoms with Crippen LogP contribution in [0.1, 0.15) is 5.56 Å². The summed E-state index contributed by atoms with van der Waals surface area (Å²) in [6, 6.07) is 8.17. The molecule has 0 saturated carbocycles. The highest BCUT2D eigenvalue weighted by Gasteiger charge is 2.10. The highest BCUT2D eigenvalue weighted by molar-refractivity contribution is 5.72. The van der Waals surface area contributed by atoms with E-state index in [9.17, 15) is 4.39 Å². The fourth-order valence-corrected chi connectivity index (χ4v) is 1.63. The van der Waals surface area contributed by atoms with Crippen LogP contribution in [0.5, 0.6) is 0 Å². The van der Waals surface area contributed by atoms with Crippen molar-refractivity contribution in [2.45, 2.75) is 6.92 Å². The maximum absolute atomic E-state index is 13.1. The maximum Gasteiger partial charge on any atom is 0.156 e. The van der Waals surface area contributed by atoms with Crippen LogP contribution in [0, 0.1) is 12.7 Å². The standard InChI is InChI=1S/C13H14FN3/c1-9-6-7-16-13(12(9)15)17(2)11-5-3-4-10(14)8-11/h3-8H,15H2,1-2H3. The molecule has 0 atom stereocenters. The minimum atomic E-state index is -0.277. The molecule has 0 aliphatic heterocycles. The van der Waals surface area contributed by atoms with Crippen LogP contribution in [0.4, 0.5) is 21.6 Å². The average Bonchev–Trinajstić information content (AvgIpc) is 2.32. The van der Waals surface area contributed by atoms with Crippen molar-refractivity contribution in [1.82, 2.24) is 4.98 Å². The molecule has 2 aromatic rings. The molecule has 0 unspecified atom stereocenters. The summed E-state index contributed by atoms with van der Waals surface area (Å²) in [6.07, 6.45) is 1.69. The molecule has 4 heteroatoms. The van der Waals surface area contributed by atoms with Gasteiger partial charge in [0.2, 0.25) is 0 Å². The smallest absolute Gasteiger partial charge is 0.156 e. The SMILES string of the molecule is Cc1ccnc(N(C)c2cccc(F)c2)c1N. The molecule has 1 aromatic carbocycles. The highest BCUT2D eigenvalue weighted by Crippen LogP contribution is 2.28. The number of nitrogen functional groups attached to an aromatic ring is 1. The van der Waals surface area contributed by atoms with Crippen molar-refractivity contribution in [1.29, 1.82) is 0 Å². The lowest BCUT2D eigenvalue weighted by Crippen LogP contribution is -2.14. The molecule has 0 fully saturated rings. The fraction of sp³-hybridized carbons (Fsp3) is 0.154. The third kappa shape index (κ3) is 2.20. The van der Waals surface area contributed by atoms with Gasteiger partial charge in [0.05, 0.1) is 5.69 Å². The van der Waals surface area contributed by atoms with Gasteiger partial charge >= 0.3 is 0 Å². The number of hydrogen-bond acceptors (Lipinski definition) is 3. The molecule has 1 aromatic heterocycles. The molecule has 2 rings (SSSR count). The van der Waals surface area contributed by atoms with Gasteiger partial charge in [-0.05, 0) is 36.8 Å². The molecule has 88 valence electrons. The number of rotatable bonds is 2. The first kappa shape index (κ1) is 11.4. The normalized spacial score (nSPS) is 10.3. The van der Waals surface area contributed by atoms with Crippen LogP contribution in [0.2, 0.25) is 0 Å². The van der Waals surface area contributed by atoms with Gasteiger partial charge in [-0.3, -0.25) is 0 Å². The zero-order valence-electron chi connectivity index (χ0n) is 9.81. The minimum Gasteiger partial charge on any atom is -0.396 e. The summed E-state index contributed by atoms with van der Waals surface area (Å²) in [6.45, 7) is 1.92. The Morgan fingerprint density at radius 3 is 2.76 bits per heavy atom. The topological polar surface area (TPSA) is 42.2 Å². The number of anilines is 3. The quantitative estimate of drug-likeness (QED) is 0.864. The van der Waals surface area contributed by atoms with E-state index in [-0.39, 0.29) is 5.82 Å². The van der Waals surface area contributed by atoms with Crippen LogP contribution >= 0.6 is 0 Å². The molecule has 0 aliphatic rings. The Balaban J connectivity index is 2.44. The largest absolute Gasteiger partial charge is 0.396 e. The zero-order chi connectivity index (χ0) is 12.4. The summed E-state index contributed by atoms with van der Waals surface area (Å²) in [5.74, 6) is 0.358. The predicted molar refractivity (Wildman–Crippen MR) is 67.8 cm³/mol. The number of hydrogen-bond donors (Lipinski definition) is 1. The summed E-state index contributed by atoms with van der Waals surface area (Å²) in [5.41, 5.74) is 8.25. The molecule has 17 heavy (non-hydrogen) atoms. The van der Waals surface area contributed by atoms with E-state index in [0.717, 1.165) is 11.3 Å². The Labute approximate surface area is 99.7 Å². The van der Waals surface area contributed by atoms with E-state index in [1.165, 1.54) is 12.1 Å². The lowest BCUT2D eigenvalue weighted by Gasteiger charge is -2.20. The predicted octanol–water partition coefficient (Wildman–Crippen LogP) is 2.88. The summed E-state index contributed by atoms with van der Waals surface area (Å²) < 4.78 is 13.1. The zero-order valence-corrected chi connectivity index (χ0v) is 9.81. The number of nitrogens with two attached hydrogens (primary N) is 1. The van der Waals surface area contributed by atoms with Crippen LogP contribution in [0.15, 0.2) is 36.5 Å². The summed E-state index contributed by atoms with van der Waals surface area (Å²) in [5, 5.41) is 0. The van der Waals surface area contributed by atoms with E-state index in [2.05, 4.69) is 4.98 Å². The first-order chi connectivity index (χ1) is 8.09. The van der Waals surface area contributed by atoms with Gasteiger partial charge < -0.3 is 10.6 Å². The van der Waals surface area contributed by atoms with Gasteiger partial charge in [-0.25, -0.2) is 9.37 Å². The molecule has 2 N–H and O–H groups in total. The molecule has 0 spiro atoms. The van der Waals surface area contributed by atoms with Gasteiger partial charge in [0, 0.05) is 18.9 Å². The van der Waals surface area contributed by atoms with Crippen LogP contribution in [-0.4, -0.2) is 12.0 Å². The van der Waals surface area contributed by atoms with Crippen molar-refractivity contribution in [3.8, 4) is 0 Å². The number of aromatic nitrogens is 1. The third-order valence-electron chi connectivity index (χ3n) is 2.70.